The molecule has 0 aliphatic rings. The van der Waals surface area contributed by atoms with Gasteiger partial charge in [0, 0.05) is 11.8 Å². The number of hydrogen-bond acceptors (Lipinski definition) is 4. The summed E-state index contributed by atoms with van der Waals surface area (Å²) < 4.78 is 0. The van der Waals surface area contributed by atoms with Gasteiger partial charge in [0.15, 0.2) is 11.5 Å². The van der Waals surface area contributed by atoms with Crippen LogP contribution in [0.25, 0.3) is 0 Å². The fourth-order valence-electron chi connectivity index (χ4n) is 1.51. The number of nitrogens with zero attached hydrogens (tertiary/aromatic N) is 1. The van der Waals surface area contributed by atoms with E-state index in [2.05, 4.69) is 0 Å². The first-order chi connectivity index (χ1) is 9.38. The van der Waals surface area contributed by atoms with Gasteiger partial charge in [0.25, 0.3) is 0 Å². The fraction of sp³-hybridized carbons (Fsp3) is 0.200. The van der Waals surface area contributed by atoms with E-state index in [0.29, 0.717) is 24.5 Å². The summed E-state index contributed by atoms with van der Waals surface area (Å²) in [6.45, 7) is 0.563. The molecule has 0 unspecified atom stereocenters. The number of hydrogen-bond donors (Lipinski definition) is 1. The van der Waals surface area contributed by atoms with Crippen LogP contribution in [-0.2, 0) is 0 Å². The molecule has 0 aromatic heterocycles. The van der Waals surface area contributed by atoms with Crippen molar-refractivity contribution < 1.29 is 14.8 Å². The molecule has 4 nitrogen and oxygen atoms in total. The van der Waals surface area contributed by atoms with Crippen molar-refractivity contribution in [2.24, 2.45) is 0 Å². The van der Waals surface area contributed by atoms with Crippen molar-refractivity contribution in [3.63, 3.8) is 0 Å². The standard InChI is InChI=1S/C15H17NO3/c17-13-7-12-16(18-14-8-3-1-4-9-14)19-15-10-5-2-6-11-15/h1-6,8-11,17H,7,12-13H2. The lowest BCUT2D eigenvalue weighted by atomic mass is 10.3. The maximum atomic E-state index is 8.91. The normalized spacial score (nSPS) is 10.4. The van der Waals surface area contributed by atoms with Crippen molar-refractivity contribution in [1.29, 1.82) is 0 Å². The largest absolute Gasteiger partial charge is 0.396 e. The van der Waals surface area contributed by atoms with Crippen molar-refractivity contribution in [3.8, 4) is 11.5 Å². The van der Waals surface area contributed by atoms with E-state index < -0.39 is 0 Å². The van der Waals surface area contributed by atoms with E-state index in [1.807, 2.05) is 60.7 Å². The third kappa shape index (κ3) is 4.62. The highest BCUT2D eigenvalue weighted by Gasteiger charge is 2.09. The zero-order chi connectivity index (χ0) is 13.3. The van der Waals surface area contributed by atoms with Crippen LogP contribution in [0, 0.1) is 0 Å². The van der Waals surface area contributed by atoms with E-state index in [1.165, 1.54) is 5.23 Å². The summed E-state index contributed by atoms with van der Waals surface area (Å²) in [6, 6.07) is 18.8. The molecule has 0 saturated heterocycles. The number of hydroxylamine groups is 2. The van der Waals surface area contributed by atoms with E-state index in [4.69, 9.17) is 14.8 Å². The van der Waals surface area contributed by atoms with E-state index >= 15 is 0 Å². The monoisotopic (exact) mass is 259 g/mol. The molecule has 0 aliphatic carbocycles. The van der Waals surface area contributed by atoms with Crippen molar-refractivity contribution in [1.82, 2.24) is 5.23 Å². The highest BCUT2D eigenvalue weighted by Crippen LogP contribution is 2.15. The molecule has 0 aliphatic heterocycles. The summed E-state index contributed by atoms with van der Waals surface area (Å²) in [7, 11) is 0. The number of aliphatic hydroxyl groups is 1. The molecule has 0 heterocycles. The molecule has 0 atom stereocenters. The molecule has 0 bridgehead atoms. The summed E-state index contributed by atoms with van der Waals surface area (Å²) in [5.41, 5.74) is 0. The van der Waals surface area contributed by atoms with Crippen molar-refractivity contribution in [3.05, 3.63) is 60.7 Å². The van der Waals surface area contributed by atoms with Crippen LogP contribution in [0.1, 0.15) is 6.42 Å². The molecule has 0 amide bonds. The van der Waals surface area contributed by atoms with Gasteiger partial charge in [-0.25, -0.2) is 0 Å². The van der Waals surface area contributed by atoms with Crippen LogP contribution in [0.2, 0.25) is 0 Å². The Morgan fingerprint density at radius 1 is 0.789 bits per heavy atom. The molecule has 0 saturated carbocycles. The Kier molecular flexibility index (Phi) is 5.22. The van der Waals surface area contributed by atoms with Gasteiger partial charge >= 0.3 is 0 Å². The lowest BCUT2D eigenvalue weighted by Gasteiger charge is -2.21. The van der Waals surface area contributed by atoms with E-state index in [1.54, 1.807) is 0 Å². The molecule has 1 N–H and O–H groups in total. The predicted octanol–water partition coefficient (Wildman–Crippen LogP) is 2.66. The highest BCUT2D eigenvalue weighted by molar-refractivity contribution is 5.22. The summed E-state index contributed by atoms with van der Waals surface area (Å²) >= 11 is 0. The Balaban J connectivity index is 1.99. The number of para-hydroxylation sites is 2. The Morgan fingerprint density at radius 3 is 1.68 bits per heavy atom. The second kappa shape index (κ2) is 7.41. The molecule has 0 fully saturated rings. The van der Waals surface area contributed by atoms with Gasteiger partial charge in [-0.3, -0.25) is 0 Å². The Bertz CT molecular complexity index is 420. The van der Waals surface area contributed by atoms with Crippen LogP contribution >= 0.6 is 0 Å². The Hall–Kier alpha value is -2.04. The van der Waals surface area contributed by atoms with Gasteiger partial charge in [0.1, 0.15) is 0 Å². The maximum absolute atomic E-state index is 8.91. The molecule has 19 heavy (non-hydrogen) atoms. The van der Waals surface area contributed by atoms with Crippen LogP contribution in [0.4, 0.5) is 0 Å². The molecular weight excluding hydrogens is 242 g/mol. The minimum Gasteiger partial charge on any atom is -0.396 e. The summed E-state index contributed by atoms with van der Waals surface area (Å²) in [5, 5.41) is 10.3. The number of aliphatic hydroxyl groups excluding tert-OH is 1. The van der Waals surface area contributed by atoms with Crippen LogP contribution < -0.4 is 9.68 Å². The van der Waals surface area contributed by atoms with Gasteiger partial charge in [0.05, 0.1) is 6.54 Å². The zero-order valence-corrected chi connectivity index (χ0v) is 10.6. The van der Waals surface area contributed by atoms with Gasteiger partial charge in [-0.2, -0.15) is 0 Å². The van der Waals surface area contributed by atoms with Gasteiger partial charge in [-0.1, -0.05) is 36.4 Å². The lowest BCUT2D eigenvalue weighted by Crippen LogP contribution is -2.32. The third-order valence-corrected chi connectivity index (χ3v) is 2.40. The first-order valence-corrected chi connectivity index (χ1v) is 6.23. The molecule has 2 aromatic carbocycles. The second-order valence-corrected chi connectivity index (χ2v) is 3.94. The molecule has 2 aromatic rings. The van der Waals surface area contributed by atoms with Gasteiger partial charge in [-0.05, 0) is 30.7 Å². The summed E-state index contributed by atoms with van der Waals surface area (Å²) in [5.74, 6) is 1.38. The summed E-state index contributed by atoms with van der Waals surface area (Å²) in [6.07, 6.45) is 0.569. The SMILES string of the molecule is OCCCN(Oc1ccccc1)Oc1ccccc1. The molecular formula is C15H17NO3. The number of benzene rings is 2. The first-order valence-electron chi connectivity index (χ1n) is 6.23. The quantitative estimate of drug-likeness (QED) is 0.776. The van der Waals surface area contributed by atoms with Crippen LogP contribution in [0.3, 0.4) is 0 Å². The minimum atomic E-state index is 0.0901. The molecule has 4 heteroatoms. The second-order valence-electron chi connectivity index (χ2n) is 3.94. The highest BCUT2D eigenvalue weighted by atomic mass is 16.9. The van der Waals surface area contributed by atoms with Crippen molar-refractivity contribution in [2.75, 3.05) is 13.2 Å². The van der Waals surface area contributed by atoms with Crippen LogP contribution in [0.15, 0.2) is 60.7 Å². The van der Waals surface area contributed by atoms with Gasteiger partial charge < -0.3 is 14.8 Å². The van der Waals surface area contributed by atoms with E-state index in [9.17, 15) is 0 Å². The van der Waals surface area contributed by atoms with Crippen molar-refractivity contribution >= 4 is 0 Å². The molecule has 0 spiro atoms. The molecule has 2 rings (SSSR count). The van der Waals surface area contributed by atoms with Crippen molar-refractivity contribution in [2.45, 2.75) is 6.42 Å². The average molecular weight is 259 g/mol. The van der Waals surface area contributed by atoms with Crippen LogP contribution in [0.5, 0.6) is 11.5 Å². The fourth-order valence-corrected chi connectivity index (χ4v) is 1.51. The first kappa shape index (κ1) is 13.4. The van der Waals surface area contributed by atoms with Gasteiger partial charge in [-0.15, -0.1) is 0 Å². The minimum absolute atomic E-state index is 0.0901. The Labute approximate surface area is 112 Å². The average Bonchev–Trinajstić information content (AvgIpc) is 2.47. The predicted molar refractivity (Wildman–Crippen MR) is 72.5 cm³/mol. The van der Waals surface area contributed by atoms with Gasteiger partial charge in [0.2, 0.25) is 0 Å². The smallest absolute Gasteiger partial charge is 0.151 e. The maximum Gasteiger partial charge on any atom is 0.151 e. The molecule has 100 valence electrons. The molecule has 0 radical (unpaired) electrons. The topological polar surface area (TPSA) is 41.9 Å². The van der Waals surface area contributed by atoms with E-state index in [0.717, 1.165) is 0 Å². The lowest BCUT2D eigenvalue weighted by molar-refractivity contribution is -0.257. The Morgan fingerprint density at radius 2 is 1.26 bits per heavy atom. The summed E-state index contributed by atoms with van der Waals surface area (Å²) in [4.78, 5) is 11.2. The number of rotatable bonds is 7. The third-order valence-electron chi connectivity index (χ3n) is 2.40. The van der Waals surface area contributed by atoms with E-state index in [-0.39, 0.29) is 6.61 Å². The van der Waals surface area contributed by atoms with Crippen LogP contribution in [-0.4, -0.2) is 23.5 Å². The zero-order valence-electron chi connectivity index (χ0n) is 10.6.